The minimum absolute atomic E-state index is 0.0812. The predicted molar refractivity (Wildman–Crippen MR) is 208 cm³/mol. The van der Waals surface area contributed by atoms with Crippen LogP contribution < -0.4 is 11.1 Å². The van der Waals surface area contributed by atoms with Gasteiger partial charge in [0.25, 0.3) is 0 Å². The number of carbonyl (C=O) groups excluding carboxylic acids is 1. The number of hydrogen-bond acceptors (Lipinski definition) is 6. The molecular weight excluding hydrogens is 635 g/mol. The lowest BCUT2D eigenvalue weighted by molar-refractivity contribution is -0.123. The molecule has 0 spiro atoms. The fourth-order valence-corrected chi connectivity index (χ4v) is 6.95. The van der Waals surface area contributed by atoms with Crippen LogP contribution in [0.25, 0.3) is 0 Å². The fourth-order valence-electron chi connectivity index (χ4n) is 6.19. The van der Waals surface area contributed by atoms with Gasteiger partial charge in [-0.25, -0.2) is 4.57 Å². The second-order valence-corrected chi connectivity index (χ2v) is 15.7. The largest absolute Gasteiger partial charge is 0.472 e. The zero-order chi connectivity index (χ0) is 36.1. The van der Waals surface area contributed by atoms with E-state index in [1.165, 1.54) is 148 Å². The third-order valence-corrected chi connectivity index (χ3v) is 10.3. The number of hydrogen-bond donors (Lipinski definition) is 4. The van der Waals surface area contributed by atoms with Gasteiger partial charge in [-0.3, -0.25) is 13.8 Å². The van der Waals surface area contributed by atoms with Gasteiger partial charge in [-0.1, -0.05) is 193 Å². The lowest BCUT2D eigenvalue weighted by atomic mass is 10.0. The third-order valence-electron chi connectivity index (χ3n) is 9.36. The number of allylic oxidation sites excluding steroid dienone is 1. The maximum absolute atomic E-state index is 12.7. The number of unbranched alkanes of at least 4 members (excludes halogenated alkanes) is 27. The summed E-state index contributed by atoms with van der Waals surface area (Å²) >= 11 is 0. The number of carbonyl (C=O) groups is 1. The van der Waals surface area contributed by atoms with E-state index in [0.29, 0.717) is 6.42 Å². The average Bonchev–Trinajstić information content (AvgIpc) is 3.09. The quantitative estimate of drug-likeness (QED) is 0.0283. The van der Waals surface area contributed by atoms with Crippen molar-refractivity contribution in [3.05, 3.63) is 12.2 Å². The molecule has 0 aromatic rings. The van der Waals surface area contributed by atoms with Crippen LogP contribution in [0.2, 0.25) is 0 Å². The molecule has 8 nitrogen and oxygen atoms in total. The van der Waals surface area contributed by atoms with Gasteiger partial charge in [0.1, 0.15) is 0 Å². The van der Waals surface area contributed by atoms with Crippen molar-refractivity contribution >= 4 is 13.7 Å². The molecule has 3 atom stereocenters. The van der Waals surface area contributed by atoms with E-state index in [1.54, 1.807) is 6.08 Å². The Morgan fingerprint density at radius 3 is 1.45 bits per heavy atom. The Bertz CT molecular complexity index is 784. The summed E-state index contributed by atoms with van der Waals surface area (Å²) in [6.45, 7) is 4.15. The van der Waals surface area contributed by atoms with Crippen molar-refractivity contribution in [2.24, 2.45) is 5.73 Å². The first-order valence-electron chi connectivity index (χ1n) is 20.8. The SMILES string of the molecule is CCCCCCCCCCCCCC/C=C/C(O)C(COP(=O)(O)OCCN)NC(=O)CCCCCCCCCCCCCCCCCC. The van der Waals surface area contributed by atoms with E-state index < -0.39 is 20.0 Å². The van der Waals surface area contributed by atoms with E-state index in [-0.39, 0.29) is 25.7 Å². The number of amides is 1. The second kappa shape index (κ2) is 37.0. The topological polar surface area (TPSA) is 131 Å². The van der Waals surface area contributed by atoms with Gasteiger partial charge in [-0.05, 0) is 19.3 Å². The Morgan fingerprint density at radius 2 is 1.04 bits per heavy atom. The molecule has 0 aliphatic rings. The summed E-state index contributed by atoms with van der Waals surface area (Å²) in [5.74, 6) is -0.192. The van der Waals surface area contributed by atoms with Gasteiger partial charge in [-0.15, -0.1) is 0 Å². The Morgan fingerprint density at radius 1 is 0.653 bits per heavy atom. The number of rotatable bonds is 39. The molecular formula is C40H81N2O6P. The molecule has 0 saturated heterocycles. The van der Waals surface area contributed by atoms with E-state index in [9.17, 15) is 19.4 Å². The van der Waals surface area contributed by atoms with Gasteiger partial charge in [0.15, 0.2) is 0 Å². The van der Waals surface area contributed by atoms with Crippen LogP contribution in [0.1, 0.15) is 206 Å². The highest BCUT2D eigenvalue weighted by Crippen LogP contribution is 2.43. The molecule has 0 fully saturated rings. The fraction of sp³-hybridized carbons (Fsp3) is 0.925. The maximum Gasteiger partial charge on any atom is 0.472 e. The molecule has 0 saturated carbocycles. The number of phosphoric acid groups is 1. The summed E-state index contributed by atoms with van der Waals surface area (Å²) in [6, 6.07) is -0.853. The molecule has 0 heterocycles. The van der Waals surface area contributed by atoms with Crippen molar-refractivity contribution in [1.29, 1.82) is 0 Å². The van der Waals surface area contributed by atoms with Crippen LogP contribution in [0.5, 0.6) is 0 Å². The Labute approximate surface area is 303 Å². The number of aliphatic hydroxyl groups excluding tert-OH is 1. The van der Waals surface area contributed by atoms with Gasteiger partial charge in [0.2, 0.25) is 5.91 Å². The lowest BCUT2D eigenvalue weighted by Gasteiger charge is -2.23. The van der Waals surface area contributed by atoms with Crippen molar-refractivity contribution < 1.29 is 28.4 Å². The summed E-state index contributed by atoms with van der Waals surface area (Å²) in [6.07, 6.45) is 39.6. The normalized spacial score (nSPS) is 14.3. The minimum Gasteiger partial charge on any atom is -0.387 e. The van der Waals surface area contributed by atoms with Gasteiger partial charge >= 0.3 is 7.82 Å². The maximum atomic E-state index is 12.7. The average molecular weight is 717 g/mol. The van der Waals surface area contributed by atoms with E-state index in [2.05, 4.69) is 19.2 Å². The molecule has 0 aliphatic heterocycles. The van der Waals surface area contributed by atoms with Gasteiger partial charge in [0, 0.05) is 13.0 Å². The summed E-state index contributed by atoms with van der Waals surface area (Å²) in [5, 5.41) is 13.6. The van der Waals surface area contributed by atoms with Crippen molar-refractivity contribution in [2.45, 2.75) is 219 Å². The molecule has 3 unspecified atom stereocenters. The third kappa shape index (κ3) is 35.4. The molecule has 9 heteroatoms. The molecule has 292 valence electrons. The standard InChI is InChI=1S/C40H81N2O6P/c1-3-5-7-9-11-13-15-17-19-20-22-24-26-28-30-32-34-40(44)42-38(37-48-49(45,46)47-36-35-41)39(43)33-31-29-27-25-23-21-18-16-14-12-10-8-6-4-2/h31,33,38-39,43H,3-30,32,34-37,41H2,1-2H3,(H,42,44)(H,45,46)/b33-31+. The molecule has 0 aromatic carbocycles. The summed E-state index contributed by atoms with van der Waals surface area (Å²) in [5.41, 5.74) is 5.36. The first-order valence-corrected chi connectivity index (χ1v) is 22.3. The molecule has 0 radical (unpaired) electrons. The van der Waals surface area contributed by atoms with Crippen molar-refractivity contribution in [3.63, 3.8) is 0 Å². The van der Waals surface area contributed by atoms with Crippen molar-refractivity contribution in [3.8, 4) is 0 Å². The lowest BCUT2D eigenvalue weighted by Crippen LogP contribution is -2.45. The van der Waals surface area contributed by atoms with Gasteiger partial charge < -0.3 is 21.1 Å². The highest BCUT2D eigenvalue weighted by atomic mass is 31.2. The summed E-state index contributed by atoms with van der Waals surface area (Å²) in [4.78, 5) is 22.6. The predicted octanol–water partition coefficient (Wildman–Crippen LogP) is 11.2. The molecule has 0 aliphatic carbocycles. The van der Waals surface area contributed by atoms with Crippen LogP contribution in [0.3, 0.4) is 0 Å². The van der Waals surface area contributed by atoms with Gasteiger partial charge in [-0.2, -0.15) is 0 Å². The number of aliphatic hydroxyl groups is 1. The first kappa shape index (κ1) is 48.2. The van der Waals surface area contributed by atoms with E-state index in [0.717, 1.165) is 38.5 Å². The van der Waals surface area contributed by atoms with Crippen LogP contribution in [-0.4, -0.2) is 47.8 Å². The molecule has 0 bridgehead atoms. The van der Waals surface area contributed by atoms with Crippen LogP contribution in [0, 0.1) is 0 Å². The number of phosphoric ester groups is 1. The van der Waals surface area contributed by atoms with E-state index >= 15 is 0 Å². The zero-order valence-electron chi connectivity index (χ0n) is 32.2. The molecule has 1 amide bonds. The van der Waals surface area contributed by atoms with Crippen LogP contribution in [-0.2, 0) is 18.4 Å². The van der Waals surface area contributed by atoms with Crippen LogP contribution >= 0.6 is 7.82 Å². The minimum atomic E-state index is -4.33. The Hall–Kier alpha value is -0.760. The highest BCUT2D eigenvalue weighted by Gasteiger charge is 2.26. The number of nitrogens with one attached hydrogen (secondary N) is 1. The summed E-state index contributed by atoms with van der Waals surface area (Å²) < 4.78 is 22.1. The molecule has 0 rings (SSSR count). The zero-order valence-corrected chi connectivity index (χ0v) is 33.1. The Kier molecular flexibility index (Phi) is 36.4. The van der Waals surface area contributed by atoms with E-state index in [4.69, 9.17) is 14.8 Å². The van der Waals surface area contributed by atoms with Gasteiger partial charge in [0.05, 0.1) is 25.4 Å². The monoisotopic (exact) mass is 717 g/mol. The van der Waals surface area contributed by atoms with Crippen molar-refractivity contribution in [2.75, 3.05) is 19.8 Å². The molecule has 49 heavy (non-hydrogen) atoms. The highest BCUT2D eigenvalue weighted by molar-refractivity contribution is 7.47. The van der Waals surface area contributed by atoms with Crippen LogP contribution in [0.15, 0.2) is 12.2 Å². The first-order chi connectivity index (χ1) is 23.9. The smallest absolute Gasteiger partial charge is 0.387 e. The molecule has 5 N–H and O–H groups in total. The second-order valence-electron chi connectivity index (χ2n) is 14.2. The number of nitrogens with two attached hydrogens (primary N) is 1. The Balaban J connectivity index is 4.22. The van der Waals surface area contributed by atoms with Crippen LogP contribution in [0.4, 0.5) is 0 Å². The summed E-state index contributed by atoms with van der Waals surface area (Å²) in [7, 11) is -4.33. The molecule has 0 aromatic heterocycles. The van der Waals surface area contributed by atoms with E-state index in [1.807, 2.05) is 6.08 Å². The van der Waals surface area contributed by atoms with Crippen molar-refractivity contribution in [1.82, 2.24) is 5.32 Å².